The van der Waals surface area contributed by atoms with Crippen LogP contribution in [0.5, 0.6) is 0 Å². The fraction of sp³-hybridized carbons (Fsp3) is 0.500. The van der Waals surface area contributed by atoms with Crippen molar-refractivity contribution in [2.45, 2.75) is 18.9 Å². The van der Waals surface area contributed by atoms with Crippen molar-refractivity contribution in [1.82, 2.24) is 10.6 Å². The predicted octanol–water partition coefficient (Wildman–Crippen LogP) is -0.929. The topological polar surface area (TPSA) is 67.2 Å². The van der Waals surface area contributed by atoms with E-state index < -0.39 is 0 Å². The molecule has 6 heteroatoms. The number of carbonyl (C=O) groups is 1. The highest BCUT2D eigenvalue weighted by molar-refractivity contribution is 7.22. The molecule has 4 nitrogen and oxygen atoms in total. The Kier molecular flexibility index (Phi) is 3.50. The van der Waals surface area contributed by atoms with Crippen LogP contribution in [0.4, 0.5) is 5.69 Å². The van der Waals surface area contributed by atoms with E-state index in [2.05, 4.69) is 10.6 Å². The molecule has 0 atom stereocenters. The summed E-state index contributed by atoms with van der Waals surface area (Å²) in [5, 5.41) is 6.31. The lowest BCUT2D eigenvalue weighted by atomic mass is 10.1. The summed E-state index contributed by atoms with van der Waals surface area (Å²) in [7, 11) is 1.96. The molecule has 1 aromatic heterocycles. The molecule has 1 aliphatic heterocycles. The summed E-state index contributed by atoms with van der Waals surface area (Å²) >= 11 is 1.46. The summed E-state index contributed by atoms with van der Waals surface area (Å²) in [4.78, 5) is 12.6. The molecule has 4 N–H and O–H groups in total. The number of nitrogens with one attached hydrogen (secondary N) is 2. The van der Waals surface area contributed by atoms with Crippen LogP contribution in [0.1, 0.15) is 22.5 Å². The van der Waals surface area contributed by atoms with Gasteiger partial charge in [0.15, 0.2) is 7.85 Å². The van der Waals surface area contributed by atoms with Gasteiger partial charge in [0.05, 0.1) is 5.69 Å². The van der Waals surface area contributed by atoms with Crippen molar-refractivity contribution in [3.63, 3.8) is 0 Å². The zero-order valence-corrected chi connectivity index (χ0v) is 10.2. The fourth-order valence-electron chi connectivity index (χ4n) is 1.93. The minimum absolute atomic E-state index is 0.0255. The second-order valence-electron chi connectivity index (χ2n) is 4.14. The maximum absolute atomic E-state index is 11.9. The number of rotatable bonds is 2. The third-order valence-corrected chi connectivity index (χ3v) is 3.83. The summed E-state index contributed by atoms with van der Waals surface area (Å²) in [6.45, 7) is 1.95. The minimum atomic E-state index is -0.0255. The van der Waals surface area contributed by atoms with Crippen molar-refractivity contribution < 1.29 is 4.79 Å². The average Bonchev–Trinajstić information content (AvgIpc) is 2.59. The van der Waals surface area contributed by atoms with Crippen molar-refractivity contribution in [3.8, 4) is 0 Å². The summed E-state index contributed by atoms with van der Waals surface area (Å²) in [5.41, 5.74) is 6.38. The van der Waals surface area contributed by atoms with Gasteiger partial charge in [-0.2, -0.15) is 0 Å². The molecule has 2 rings (SSSR count). The van der Waals surface area contributed by atoms with E-state index in [-0.39, 0.29) is 11.9 Å². The number of carbonyl (C=O) groups excluding carboxylic acids is 1. The molecule has 0 unspecified atom stereocenters. The van der Waals surface area contributed by atoms with E-state index >= 15 is 0 Å². The molecule has 1 saturated heterocycles. The maximum atomic E-state index is 11.9. The van der Waals surface area contributed by atoms with Gasteiger partial charge in [-0.3, -0.25) is 4.79 Å². The minimum Gasteiger partial charge on any atom is -0.397 e. The zero-order chi connectivity index (χ0) is 11.5. The van der Waals surface area contributed by atoms with E-state index in [1.165, 1.54) is 11.3 Å². The van der Waals surface area contributed by atoms with Crippen molar-refractivity contribution >= 4 is 35.6 Å². The first-order valence-corrected chi connectivity index (χ1v) is 6.36. The van der Waals surface area contributed by atoms with Crippen molar-refractivity contribution in [2.75, 3.05) is 18.8 Å². The number of piperidine rings is 1. The largest absolute Gasteiger partial charge is 0.397 e. The summed E-state index contributed by atoms with van der Waals surface area (Å²) in [6, 6.07) is 2.14. The van der Waals surface area contributed by atoms with Gasteiger partial charge in [-0.15, -0.1) is 11.3 Å². The second-order valence-corrected chi connectivity index (χ2v) is 5.40. The van der Waals surface area contributed by atoms with E-state index in [9.17, 15) is 4.79 Å². The number of hydrogen-bond acceptors (Lipinski definition) is 4. The van der Waals surface area contributed by atoms with Gasteiger partial charge >= 0.3 is 0 Å². The Morgan fingerprint density at radius 3 is 2.81 bits per heavy atom. The maximum Gasteiger partial charge on any atom is 0.263 e. The third-order valence-electron chi connectivity index (χ3n) is 2.76. The Morgan fingerprint density at radius 2 is 2.25 bits per heavy atom. The first-order valence-electron chi connectivity index (χ1n) is 5.54. The number of anilines is 1. The Hall–Kier alpha value is -1.01. The lowest BCUT2D eigenvalue weighted by Crippen LogP contribution is -2.42. The van der Waals surface area contributed by atoms with Gasteiger partial charge in [-0.25, -0.2) is 0 Å². The molecule has 0 spiro atoms. The lowest BCUT2D eigenvalue weighted by Gasteiger charge is -2.23. The van der Waals surface area contributed by atoms with Crippen LogP contribution in [0.15, 0.2) is 6.07 Å². The number of nitrogens with two attached hydrogens (primary N) is 1. The lowest BCUT2D eigenvalue weighted by molar-refractivity contribution is 0.0934. The van der Waals surface area contributed by atoms with Crippen molar-refractivity contribution in [2.24, 2.45) is 0 Å². The van der Waals surface area contributed by atoms with E-state index in [0.717, 1.165) is 30.7 Å². The standard InChI is InChI=1S/C10H16BN3OS/c11-8-5-7(12)9(16-8)10(15)14-6-1-3-13-4-2-6/h5-6,13H,1-4,11-12H2,(H,14,15). The number of nitrogen functional groups attached to an aromatic ring is 1. The summed E-state index contributed by atoms with van der Waals surface area (Å²) < 4.78 is 1.08. The highest BCUT2D eigenvalue weighted by atomic mass is 32.1. The van der Waals surface area contributed by atoms with Crippen LogP contribution in [0, 0.1) is 0 Å². The van der Waals surface area contributed by atoms with Crippen molar-refractivity contribution in [3.05, 3.63) is 10.9 Å². The molecular formula is C10H16BN3OS. The number of amides is 1. The average molecular weight is 237 g/mol. The monoisotopic (exact) mass is 237 g/mol. The summed E-state index contributed by atoms with van der Waals surface area (Å²) in [6.07, 6.45) is 1.99. The van der Waals surface area contributed by atoms with E-state index in [4.69, 9.17) is 5.73 Å². The Bertz CT molecular complexity index is 387. The highest BCUT2D eigenvalue weighted by Gasteiger charge is 2.18. The van der Waals surface area contributed by atoms with E-state index in [1.54, 1.807) is 0 Å². The van der Waals surface area contributed by atoms with Crippen molar-refractivity contribution in [1.29, 1.82) is 0 Å². The Morgan fingerprint density at radius 1 is 1.56 bits per heavy atom. The molecule has 16 heavy (non-hydrogen) atoms. The second kappa shape index (κ2) is 4.89. The smallest absolute Gasteiger partial charge is 0.263 e. The van der Waals surface area contributed by atoms with Gasteiger partial charge in [0.25, 0.3) is 5.91 Å². The molecular weight excluding hydrogens is 221 g/mol. The first kappa shape index (κ1) is 11.5. The van der Waals surface area contributed by atoms with Crippen LogP contribution in [0.25, 0.3) is 0 Å². The summed E-state index contributed by atoms with van der Waals surface area (Å²) in [5.74, 6) is -0.0255. The fourth-order valence-corrected chi connectivity index (χ4v) is 2.76. The molecule has 1 aliphatic rings. The predicted molar refractivity (Wildman–Crippen MR) is 70.3 cm³/mol. The Labute approximate surface area is 100 Å². The number of thiophene rings is 1. The molecule has 1 amide bonds. The SMILES string of the molecule is Bc1cc(N)c(C(=O)NC2CCNCC2)s1. The quantitative estimate of drug-likeness (QED) is 0.582. The highest BCUT2D eigenvalue weighted by Crippen LogP contribution is 2.16. The van der Waals surface area contributed by atoms with Gasteiger partial charge in [0.1, 0.15) is 4.88 Å². The van der Waals surface area contributed by atoms with Crippen LogP contribution in [-0.2, 0) is 0 Å². The van der Waals surface area contributed by atoms with Crippen LogP contribution in [0.2, 0.25) is 0 Å². The molecule has 2 heterocycles. The van der Waals surface area contributed by atoms with Gasteiger partial charge < -0.3 is 16.4 Å². The van der Waals surface area contributed by atoms with Crippen LogP contribution >= 0.6 is 11.3 Å². The van der Waals surface area contributed by atoms with E-state index in [1.807, 2.05) is 13.9 Å². The molecule has 0 aromatic carbocycles. The van der Waals surface area contributed by atoms with Gasteiger partial charge in [-0.05, 0) is 36.8 Å². The van der Waals surface area contributed by atoms with Gasteiger partial charge in [-0.1, -0.05) is 0 Å². The normalized spacial score (nSPS) is 17.2. The molecule has 1 aromatic rings. The zero-order valence-electron chi connectivity index (χ0n) is 9.38. The van der Waals surface area contributed by atoms with Gasteiger partial charge in [0.2, 0.25) is 0 Å². The molecule has 86 valence electrons. The first-order chi connectivity index (χ1) is 7.66. The van der Waals surface area contributed by atoms with E-state index in [0.29, 0.717) is 10.6 Å². The molecule has 0 aliphatic carbocycles. The van der Waals surface area contributed by atoms with Crippen LogP contribution < -0.4 is 21.1 Å². The Balaban J connectivity index is 1.99. The van der Waals surface area contributed by atoms with Gasteiger partial charge in [0, 0.05) is 6.04 Å². The number of hydrogen-bond donors (Lipinski definition) is 3. The third kappa shape index (κ3) is 2.57. The molecule has 0 bridgehead atoms. The van der Waals surface area contributed by atoms with Crippen LogP contribution in [0.3, 0.4) is 0 Å². The molecule has 1 fully saturated rings. The molecule has 0 radical (unpaired) electrons. The van der Waals surface area contributed by atoms with Crippen LogP contribution in [-0.4, -0.2) is 32.9 Å². The molecule has 0 saturated carbocycles.